The zero-order valence-electron chi connectivity index (χ0n) is 9.02. The van der Waals surface area contributed by atoms with Crippen LogP contribution in [-0.4, -0.2) is 23.2 Å². The molecular weight excluding hydrogens is 204 g/mol. The second kappa shape index (κ2) is 4.53. The van der Waals surface area contributed by atoms with E-state index in [2.05, 4.69) is 5.32 Å². The summed E-state index contributed by atoms with van der Waals surface area (Å²) in [7, 11) is 0. The number of nitrogens with one attached hydrogen (secondary N) is 1. The van der Waals surface area contributed by atoms with Gasteiger partial charge in [-0.3, -0.25) is 4.79 Å². The highest BCUT2D eigenvalue weighted by molar-refractivity contribution is 5.79. The molecule has 4 N–H and O–H groups in total. The van der Waals surface area contributed by atoms with E-state index in [0.29, 0.717) is 24.9 Å². The van der Waals surface area contributed by atoms with Gasteiger partial charge >= 0.3 is 0 Å². The number of carbonyl (C=O) groups excluding carboxylic acids is 1. The summed E-state index contributed by atoms with van der Waals surface area (Å²) in [4.78, 5) is 11.6. The van der Waals surface area contributed by atoms with Crippen LogP contribution >= 0.6 is 0 Å². The van der Waals surface area contributed by atoms with E-state index < -0.39 is 0 Å². The Morgan fingerprint density at radius 3 is 2.88 bits per heavy atom. The standard InChI is InChI=1S/C12H16N2O2/c13-9-3-1-2-8(4-9)5-12(16)14-10-6-11(15)7-10/h1-4,10-11,15H,5-7,13H2,(H,14,16). The molecule has 0 bridgehead atoms. The fraction of sp³-hybridized carbons (Fsp3) is 0.417. The van der Waals surface area contributed by atoms with Gasteiger partial charge in [-0.05, 0) is 30.5 Å². The van der Waals surface area contributed by atoms with E-state index in [1.165, 1.54) is 0 Å². The monoisotopic (exact) mass is 220 g/mol. The summed E-state index contributed by atoms with van der Waals surface area (Å²) in [6.07, 6.45) is 1.45. The molecule has 0 saturated heterocycles. The number of aliphatic hydroxyl groups is 1. The third-order valence-electron chi connectivity index (χ3n) is 2.79. The first-order valence-corrected chi connectivity index (χ1v) is 5.45. The third-order valence-corrected chi connectivity index (χ3v) is 2.79. The molecule has 2 rings (SSSR count). The molecule has 0 heterocycles. The molecule has 1 saturated carbocycles. The number of anilines is 1. The third kappa shape index (κ3) is 2.73. The molecule has 4 nitrogen and oxygen atoms in total. The van der Waals surface area contributed by atoms with Crippen LogP contribution in [-0.2, 0) is 11.2 Å². The van der Waals surface area contributed by atoms with Gasteiger partial charge in [-0.25, -0.2) is 0 Å². The van der Waals surface area contributed by atoms with Crippen LogP contribution in [0.25, 0.3) is 0 Å². The first kappa shape index (κ1) is 11.0. The van der Waals surface area contributed by atoms with Crippen LogP contribution < -0.4 is 11.1 Å². The molecule has 0 radical (unpaired) electrons. The van der Waals surface area contributed by atoms with Crippen molar-refractivity contribution in [2.24, 2.45) is 0 Å². The predicted octanol–water partition coefficient (Wildman–Crippen LogP) is 0.451. The van der Waals surface area contributed by atoms with Gasteiger partial charge in [0.2, 0.25) is 5.91 Å². The van der Waals surface area contributed by atoms with Crippen molar-refractivity contribution in [3.05, 3.63) is 29.8 Å². The maximum Gasteiger partial charge on any atom is 0.224 e. The molecule has 16 heavy (non-hydrogen) atoms. The lowest BCUT2D eigenvalue weighted by molar-refractivity contribution is -0.122. The van der Waals surface area contributed by atoms with Crippen molar-refractivity contribution in [1.82, 2.24) is 5.32 Å². The molecule has 1 aliphatic rings. The summed E-state index contributed by atoms with van der Waals surface area (Å²) in [5.41, 5.74) is 7.21. The van der Waals surface area contributed by atoms with Crippen molar-refractivity contribution < 1.29 is 9.90 Å². The minimum Gasteiger partial charge on any atom is -0.399 e. The molecule has 0 spiro atoms. The number of carbonyl (C=O) groups is 1. The number of rotatable bonds is 3. The van der Waals surface area contributed by atoms with Crippen LogP contribution in [0.1, 0.15) is 18.4 Å². The van der Waals surface area contributed by atoms with Crippen LogP contribution in [0, 0.1) is 0 Å². The maximum atomic E-state index is 11.6. The van der Waals surface area contributed by atoms with Gasteiger partial charge in [0.25, 0.3) is 0 Å². The highest BCUT2D eigenvalue weighted by Crippen LogP contribution is 2.19. The molecule has 1 amide bonds. The molecule has 0 unspecified atom stereocenters. The van der Waals surface area contributed by atoms with E-state index in [9.17, 15) is 4.79 Å². The van der Waals surface area contributed by atoms with Gasteiger partial charge in [0.1, 0.15) is 0 Å². The van der Waals surface area contributed by atoms with Crippen molar-refractivity contribution in [2.75, 3.05) is 5.73 Å². The summed E-state index contributed by atoms with van der Waals surface area (Å²) in [6, 6.07) is 7.46. The Hall–Kier alpha value is -1.55. The number of nitrogen functional groups attached to an aromatic ring is 1. The van der Waals surface area contributed by atoms with E-state index >= 15 is 0 Å². The number of aliphatic hydroxyl groups excluding tert-OH is 1. The Morgan fingerprint density at radius 2 is 2.25 bits per heavy atom. The minimum absolute atomic E-state index is 0.0116. The fourth-order valence-corrected chi connectivity index (χ4v) is 1.87. The Labute approximate surface area is 94.5 Å². The molecule has 0 atom stereocenters. The number of hydrogen-bond donors (Lipinski definition) is 3. The summed E-state index contributed by atoms with van der Waals surface area (Å²) < 4.78 is 0. The Balaban J connectivity index is 1.83. The average molecular weight is 220 g/mol. The van der Waals surface area contributed by atoms with Crippen molar-refractivity contribution in [1.29, 1.82) is 0 Å². The lowest BCUT2D eigenvalue weighted by Gasteiger charge is -2.31. The normalized spacial score (nSPS) is 23.6. The summed E-state index contributed by atoms with van der Waals surface area (Å²) >= 11 is 0. The smallest absolute Gasteiger partial charge is 0.224 e. The summed E-state index contributed by atoms with van der Waals surface area (Å²) in [6.45, 7) is 0. The lowest BCUT2D eigenvalue weighted by atomic mass is 9.89. The van der Waals surface area contributed by atoms with Crippen molar-refractivity contribution in [2.45, 2.75) is 31.4 Å². The van der Waals surface area contributed by atoms with Gasteiger partial charge in [0.15, 0.2) is 0 Å². The van der Waals surface area contributed by atoms with E-state index in [4.69, 9.17) is 10.8 Å². The van der Waals surface area contributed by atoms with Gasteiger partial charge in [0, 0.05) is 11.7 Å². The number of nitrogens with two attached hydrogens (primary N) is 1. The molecule has 0 aromatic heterocycles. The van der Waals surface area contributed by atoms with Crippen LogP contribution in [0.5, 0.6) is 0 Å². The molecule has 1 aliphatic carbocycles. The number of hydrogen-bond acceptors (Lipinski definition) is 3. The van der Waals surface area contributed by atoms with Gasteiger partial charge in [-0.15, -0.1) is 0 Å². The largest absolute Gasteiger partial charge is 0.399 e. The van der Waals surface area contributed by atoms with Crippen molar-refractivity contribution in [3.63, 3.8) is 0 Å². The van der Waals surface area contributed by atoms with E-state index in [1.807, 2.05) is 12.1 Å². The van der Waals surface area contributed by atoms with Crippen molar-refractivity contribution in [3.8, 4) is 0 Å². The minimum atomic E-state index is -0.238. The van der Waals surface area contributed by atoms with E-state index in [0.717, 1.165) is 5.56 Å². The second-order valence-corrected chi connectivity index (χ2v) is 4.31. The first-order chi connectivity index (χ1) is 7.63. The first-order valence-electron chi connectivity index (χ1n) is 5.45. The van der Waals surface area contributed by atoms with Gasteiger partial charge < -0.3 is 16.2 Å². The number of amides is 1. The van der Waals surface area contributed by atoms with Gasteiger partial charge in [-0.1, -0.05) is 12.1 Å². The fourth-order valence-electron chi connectivity index (χ4n) is 1.87. The zero-order valence-corrected chi connectivity index (χ0v) is 9.02. The molecule has 1 aromatic rings. The highest BCUT2D eigenvalue weighted by atomic mass is 16.3. The molecule has 4 heteroatoms. The van der Waals surface area contributed by atoms with Crippen LogP contribution in [0.15, 0.2) is 24.3 Å². The van der Waals surface area contributed by atoms with Crippen molar-refractivity contribution >= 4 is 11.6 Å². The summed E-state index contributed by atoms with van der Waals surface area (Å²) in [5.74, 6) is -0.0116. The molecule has 1 aromatic carbocycles. The summed E-state index contributed by atoms with van der Waals surface area (Å²) in [5, 5.41) is 12.0. The number of benzene rings is 1. The molecular formula is C12H16N2O2. The topological polar surface area (TPSA) is 75.4 Å². The zero-order chi connectivity index (χ0) is 11.5. The van der Waals surface area contributed by atoms with E-state index in [-0.39, 0.29) is 18.1 Å². The lowest BCUT2D eigenvalue weighted by Crippen LogP contribution is -2.47. The Kier molecular flexibility index (Phi) is 3.10. The van der Waals surface area contributed by atoms with Crippen LogP contribution in [0.3, 0.4) is 0 Å². The van der Waals surface area contributed by atoms with Crippen LogP contribution in [0.2, 0.25) is 0 Å². The predicted molar refractivity (Wildman–Crippen MR) is 61.7 cm³/mol. The molecule has 86 valence electrons. The van der Waals surface area contributed by atoms with Gasteiger partial charge in [-0.2, -0.15) is 0 Å². The maximum absolute atomic E-state index is 11.6. The molecule has 1 fully saturated rings. The highest BCUT2D eigenvalue weighted by Gasteiger charge is 2.28. The average Bonchev–Trinajstić information content (AvgIpc) is 2.15. The molecule has 0 aliphatic heterocycles. The van der Waals surface area contributed by atoms with Gasteiger partial charge in [0.05, 0.1) is 12.5 Å². The van der Waals surface area contributed by atoms with E-state index in [1.54, 1.807) is 12.1 Å². The second-order valence-electron chi connectivity index (χ2n) is 4.31. The SMILES string of the molecule is Nc1cccc(CC(=O)NC2CC(O)C2)c1. The Morgan fingerprint density at radius 1 is 1.50 bits per heavy atom. The van der Waals surface area contributed by atoms with Crippen LogP contribution in [0.4, 0.5) is 5.69 Å². The quantitative estimate of drug-likeness (QED) is 0.647. The Bertz CT molecular complexity index is 386.